The first kappa shape index (κ1) is 18.4. The Kier molecular flexibility index (Phi) is 5.37. The van der Waals surface area contributed by atoms with Gasteiger partial charge in [0, 0.05) is 17.7 Å². The molecule has 9 heteroatoms. The summed E-state index contributed by atoms with van der Waals surface area (Å²) >= 11 is 6.23. The second-order valence-corrected chi connectivity index (χ2v) is 5.74. The number of nitro benzene ring substituents is 1. The van der Waals surface area contributed by atoms with Crippen molar-refractivity contribution in [2.45, 2.75) is 0 Å². The van der Waals surface area contributed by atoms with Gasteiger partial charge >= 0.3 is 0 Å². The molecular weight excluding hydrogens is 374 g/mol. The zero-order valence-corrected chi connectivity index (χ0v) is 15.1. The number of hydrogen-bond acceptors (Lipinski definition) is 7. The van der Waals surface area contributed by atoms with Gasteiger partial charge in [-0.05, 0) is 29.8 Å². The van der Waals surface area contributed by atoms with Crippen LogP contribution in [0.1, 0.15) is 11.5 Å². The molecule has 0 saturated carbocycles. The largest absolute Gasteiger partial charge is 0.493 e. The van der Waals surface area contributed by atoms with Crippen LogP contribution in [0.5, 0.6) is 11.5 Å². The van der Waals surface area contributed by atoms with Gasteiger partial charge in [0.2, 0.25) is 5.82 Å². The van der Waals surface area contributed by atoms with Gasteiger partial charge in [-0.15, -0.1) is 0 Å². The number of non-ortho nitro benzene ring substituents is 1. The lowest BCUT2D eigenvalue weighted by molar-refractivity contribution is -0.384. The highest BCUT2D eigenvalue weighted by Crippen LogP contribution is 2.32. The number of benzene rings is 2. The van der Waals surface area contributed by atoms with Gasteiger partial charge in [-0.3, -0.25) is 10.1 Å². The van der Waals surface area contributed by atoms with Gasteiger partial charge in [-0.25, -0.2) is 0 Å². The molecule has 0 unspecified atom stereocenters. The number of hydrogen-bond donors (Lipinski definition) is 0. The van der Waals surface area contributed by atoms with Crippen molar-refractivity contribution in [1.82, 2.24) is 10.1 Å². The summed E-state index contributed by atoms with van der Waals surface area (Å²) in [5.74, 6) is 1.51. The first-order chi connectivity index (χ1) is 13.0. The normalized spacial score (nSPS) is 11.3. The van der Waals surface area contributed by atoms with Crippen LogP contribution in [0.2, 0.25) is 0 Å². The molecule has 3 rings (SSSR count). The van der Waals surface area contributed by atoms with Crippen LogP contribution in [-0.2, 0) is 0 Å². The maximum atomic E-state index is 10.9. The van der Waals surface area contributed by atoms with Gasteiger partial charge in [0.05, 0.1) is 19.1 Å². The molecule has 0 atom stereocenters. The molecule has 0 bridgehead atoms. The van der Waals surface area contributed by atoms with E-state index in [0.717, 1.165) is 0 Å². The average molecular weight is 388 g/mol. The summed E-state index contributed by atoms with van der Waals surface area (Å²) in [6.07, 6.45) is 1.51. The molecule has 0 spiro atoms. The summed E-state index contributed by atoms with van der Waals surface area (Å²) in [6, 6.07) is 11.2. The summed E-state index contributed by atoms with van der Waals surface area (Å²) < 4.78 is 15.6. The Bertz CT molecular complexity index is 1020. The molecule has 0 N–H and O–H groups in total. The van der Waals surface area contributed by atoms with Crippen molar-refractivity contribution in [3.05, 3.63) is 64.0 Å². The van der Waals surface area contributed by atoms with Crippen LogP contribution in [0.4, 0.5) is 5.69 Å². The zero-order valence-electron chi connectivity index (χ0n) is 14.4. The van der Waals surface area contributed by atoms with E-state index in [4.69, 9.17) is 25.6 Å². The van der Waals surface area contributed by atoms with E-state index in [-0.39, 0.29) is 16.6 Å². The predicted octanol–water partition coefficient (Wildman–Crippen LogP) is 4.40. The topological polar surface area (TPSA) is 101 Å². The molecule has 8 nitrogen and oxygen atoms in total. The molecule has 0 aliphatic carbocycles. The summed E-state index contributed by atoms with van der Waals surface area (Å²) in [7, 11) is 3.07. The van der Waals surface area contributed by atoms with E-state index in [2.05, 4.69) is 10.1 Å². The first-order valence-corrected chi connectivity index (χ1v) is 8.07. The molecule has 1 heterocycles. The summed E-state index contributed by atoms with van der Waals surface area (Å²) in [6.45, 7) is 0. The summed E-state index contributed by atoms with van der Waals surface area (Å²) in [5.41, 5.74) is 1.16. The Labute approximate surface area is 159 Å². The fraction of sp³-hybridized carbons (Fsp3) is 0.111. The lowest BCUT2D eigenvalue weighted by atomic mass is 10.2. The molecule has 138 valence electrons. The Morgan fingerprint density at radius 1 is 1.19 bits per heavy atom. The molecule has 1 aromatic heterocycles. The van der Waals surface area contributed by atoms with Crippen molar-refractivity contribution in [2.24, 2.45) is 0 Å². The molecule has 3 aromatic rings. The number of aromatic nitrogens is 2. The zero-order chi connectivity index (χ0) is 19.4. The van der Waals surface area contributed by atoms with E-state index in [0.29, 0.717) is 28.5 Å². The summed E-state index contributed by atoms with van der Waals surface area (Å²) in [4.78, 5) is 14.6. The molecule has 0 saturated heterocycles. The highest BCUT2D eigenvalue weighted by molar-refractivity contribution is 6.50. The van der Waals surface area contributed by atoms with E-state index in [1.807, 2.05) is 0 Å². The number of halogens is 1. The molecule has 0 amide bonds. The van der Waals surface area contributed by atoms with Crippen LogP contribution in [0.3, 0.4) is 0 Å². The number of ether oxygens (including phenoxy) is 2. The van der Waals surface area contributed by atoms with Crippen LogP contribution in [-0.4, -0.2) is 29.3 Å². The SMILES string of the molecule is COc1ccc(-c2noc(/C(Cl)=C/c3cccc([N+](=O)[O-])c3)n2)cc1OC. The fourth-order valence-electron chi connectivity index (χ4n) is 2.35. The predicted molar refractivity (Wildman–Crippen MR) is 99.7 cm³/mol. The molecular formula is C18H14ClN3O5. The number of methoxy groups -OCH3 is 2. The summed E-state index contributed by atoms with van der Waals surface area (Å²) in [5, 5.41) is 14.9. The van der Waals surface area contributed by atoms with Gasteiger partial charge in [-0.2, -0.15) is 4.98 Å². The lowest BCUT2D eigenvalue weighted by Crippen LogP contribution is -1.91. The third kappa shape index (κ3) is 4.06. The standard InChI is InChI=1S/C18H14ClN3O5/c1-25-15-7-6-12(10-16(15)26-2)17-20-18(27-21-17)14(19)9-11-4-3-5-13(8-11)22(23)24/h3-10H,1-2H3/b14-9-. The van der Waals surface area contributed by atoms with Crippen molar-refractivity contribution >= 4 is 28.4 Å². The third-order valence-corrected chi connectivity index (χ3v) is 3.92. The molecule has 0 aliphatic rings. The lowest BCUT2D eigenvalue weighted by Gasteiger charge is -2.07. The monoisotopic (exact) mass is 387 g/mol. The molecule has 0 radical (unpaired) electrons. The second-order valence-electron chi connectivity index (χ2n) is 5.34. The van der Waals surface area contributed by atoms with E-state index >= 15 is 0 Å². The van der Waals surface area contributed by atoms with Crippen LogP contribution in [0, 0.1) is 10.1 Å². The number of nitrogens with zero attached hydrogens (tertiary/aromatic N) is 3. The average Bonchev–Trinajstić information content (AvgIpc) is 3.18. The van der Waals surface area contributed by atoms with Crippen molar-refractivity contribution in [2.75, 3.05) is 14.2 Å². The van der Waals surface area contributed by atoms with E-state index < -0.39 is 4.92 Å². The van der Waals surface area contributed by atoms with E-state index in [1.54, 1.807) is 37.4 Å². The van der Waals surface area contributed by atoms with Gasteiger partial charge < -0.3 is 14.0 Å². The minimum Gasteiger partial charge on any atom is -0.493 e. The minimum atomic E-state index is -0.479. The van der Waals surface area contributed by atoms with Crippen molar-refractivity contribution in [1.29, 1.82) is 0 Å². The molecule has 2 aromatic carbocycles. The Morgan fingerprint density at radius 3 is 2.67 bits per heavy atom. The smallest absolute Gasteiger partial charge is 0.270 e. The van der Waals surface area contributed by atoms with Crippen LogP contribution in [0.15, 0.2) is 47.0 Å². The van der Waals surface area contributed by atoms with Crippen molar-refractivity contribution < 1.29 is 18.9 Å². The highest BCUT2D eigenvalue weighted by atomic mass is 35.5. The maximum absolute atomic E-state index is 10.9. The minimum absolute atomic E-state index is 0.0373. The van der Waals surface area contributed by atoms with E-state index in [9.17, 15) is 10.1 Å². The third-order valence-electron chi connectivity index (χ3n) is 3.65. The Balaban J connectivity index is 1.89. The van der Waals surface area contributed by atoms with Crippen LogP contribution < -0.4 is 9.47 Å². The van der Waals surface area contributed by atoms with Crippen LogP contribution in [0.25, 0.3) is 22.5 Å². The van der Waals surface area contributed by atoms with Crippen LogP contribution >= 0.6 is 11.6 Å². The second kappa shape index (κ2) is 7.88. The quantitative estimate of drug-likeness (QED) is 0.456. The van der Waals surface area contributed by atoms with E-state index in [1.165, 1.54) is 25.3 Å². The number of nitro groups is 1. The van der Waals surface area contributed by atoms with Crippen molar-refractivity contribution in [3.8, 4) is 22.9 Å². The van der Waals surface area contributed by atoms with Gasteiger partial charge in [0.1, 0.15) is 5.03 Å². The molecule has 0 fully saturated rings. The highest BCUT2D eigenvalue weighted by Gasteiger charge is 2.14. The Hall–Kier alpha value is -3.39. The first-order valence-electron chi connectivity index (χ1n) is 7.70. The number of rotatable bonds is 6. The fourth-order valence-corrected chi connectivity index (χ4v) is 2.55. The van der Waals surface area contributed by atoms with Crippen molar-refractivity contribution in [3.63, 3.8) is 0 Å². The maximum Gasteiger partial charge on any atom is 0.270 e. The molecule has 0 aliphatic heterocycles. The van der Waals surface area contributed by atoms with Gasteiger partial charge in [-0.1, -0.05) is 28.9 Å². The van der Waals surface area contributed by atoms with Gasteiger partial charge in [0.25, 0.3) is 11.6 Å². The molecule has 27 heavy (non-hydrogen) atoms. The Morgan fingerprint density at radius 2 is 1.96 bits per heavy atom. The van der Waals surface area contributed by atoms with Gasteiger partial charge in [0.15, 0.2) is 11.5 Å².